The molecule has 2 aliphatic rings. The van der Waals surface area contributed by atoms with E-state index < -0.39 is 84.6 Å². The molecular formula is C32H48N10O9. The molecule has 280 valence electrons. The number of aromatic hydroxyl groups is 1. The summed E-state index contributed by atoms with van der Waals surface area (Å²) in [5.41, 5.74) is 17.0. The van der Waals surface area contributed by atoms with Crippen LogP contribution in [0.1, 0.15) is 56.9 Å². The first-order chi connectivity index (χ1) is 24.3. The van der Waals surface area contributed by atoms with E-state index in [9.17, 15) is 43.8 Å². The molecule has 0 unspecified atom stereocenters. The Kier molecular flexibility index (Phi) is 15.4. The highest BCUT2D eigenvalue weighted by atomic mass is 16.4. The second kappa shape index (κ2) is 19.7. The third kappa shape index (κ3) is 12.7. The Morgan fingerprint density at radius 2 is 1.45 bits per heavy atom. The molecule has 19 nitrogen and oxygen atoms in total. The van der Waals surface area contributed by atoms with E-state index in [4.69, 9.17) is 17.2 Å². The number of fused-ring (bicyclic) bond motifs is 1. The Morgan fingerprint density at radius 3 is 2.10 bits per heavy atom. The van der Waals surface area contributed by atoms with Gasteiger partial charge in [-0.25, -0.2) is 0 Å². The maximum Gasteiger partial charge on any atom is 0.305 e. The van der Waals surface area contributed by atoms with Gasteiger partial charge in [-0.15, -0.1) is 0 Å². The minimum Gasteiger partial charge on any atom is -0.508 e. The Morgan fingerprint density at radius 1 is 0.824 bits per heavy atom. The number of nitrogens with two attached hydrogens (primary N) is 3. The maximum absolute atomic E-state index is 13.9. The number of carbonyl (C=O) groups excluding carboxylic acids is 6. The van der Waals surface area contributed by atoms with Crippen LogP contribution in [0.15, 0.2) is 29.3 Å². The van der Waals surface area contributed by atoms with Crippen molar-refractivity contribution in [2.24, 2.45) is 22.2 Å². The molecule has 6 amide bonds. The van der Waals surface area contributed by atoms with E-state index in [-0.39, 0.29) is 56.9 Å². The number of unbranched alkanes of at least 4 members (excludes halogenated alkanes) is 1. The highest BCUT2D eigenvalue weighted by Crippen LogP contribution is 2.20. The van der Waals surface area contributed by atoms with Crippen molar-refractivity contribution in [1.82, 2.24) is 31.5 Å². The lowest BCUT2D eigenvalue weighted by molar-refractivity contribution is -0.146. The second-order valence-electron chi connectivity index (χ2n) is 12.4. The number of hydrogen-bond acceptors (Lipinski definition) is 10. The number of hydrogen-bond donors (Lipinski definition) is 10. The molecule has 0 spiro atoms. The lowest BCUT2D eigenvalue weighted by atomic mass is 10.0. The van der Waals surface area contributed by atoms with Crippen molar-refractivity contribution in [2.45, 2.75) is 88.0 Å². The van der Waals surface area contributed by atoms with Crippen LogP contribution < -0.4 is 43.8 Å². The summed E-state index contributed by atoms with van der Waals surface area (Å²) in [5, 5.41) is 32.0. The summed E-state index contributed by atoms with van der Waals surface area (Å²) in [5.74, 6) is -6.19. The number of phenols is 1. The van der Waals surface area contributed by atoms with Crippen LogP contribution in [-0.4, -0.2) is 119 Å². The van der Waals surface area contributed by atoms with Crippen LogP contribution in [0, 0.1) is 0 Å². The zero-order valence-electron chi connectivity index (χ0n) is 28.3. The number of nitrogens with one attached hydrogen (secondary N) is 5. The summed E-state index contributed by atoms with van der Waals surface area (Å²) >= 11 is 0. The standard InChI is InChI=1S/C32H48N10O9/c33-12-2-1-5-21-28(48)39-20(6-3-13-36-32(34)35)27(47)37-17-25(44)38-23(16-26(45)46)31(51)42-14-4-7-24(42)30(50)41-22(29(49)40-21)15-18-8-10-19(43)11-9-18/h8-11,20-24,43H,1-7,12-17,33H2,(H,37,47)(H,38,44)(H,39,48)(H,40,49)(H,41,50)(H,45,46)(H4,34,35,36)/t20-,21-,22-,23-,24-/m0/s1. The molecule has 2 fully saturated rings. The van der Waals surface area contributed by atoms with Crippen molar-refractivity contribution >= 4 is 47.4 Å². The van der Waals surface area contributed by atoms with Gasteiger partial charge in [-0.05, 0) is 69.2 Å². The van der Waals surface area contributed by atoms with Crippen LogP contribution in [0.25, 0.3) is 0 Å². The second-order valence-corrected chi connectivity index (χ2v) is 12.4. The van der Waals surface area contributed by atoms with E-state index >= 15 is 0 Å². The number of aliphatic carboxylic acids is 1. The van der Waals surface area contributed by atoms with Gasteiger partial charge in [0.2, 0.25) is 35.4 Å². The highest BCUT2D eigenvalue weighted by Gasteiger charge is 2.40. The minimum atomic E-state index is -1.57. The van der Waals surface area contributed by atoms with Crippen LogP contribution in [0.3, 0.4) is 0 Å². The van der Waals surface area contributed by atoms with Gasteiger partial charge in [0.05, 0.1) is 13.0 Å². The molecule has 2 aliphatic heterocycles. The first-order valence-corrected chi connectivity index (χ1v) is 16.8. The predicted octanol–water partition coefficient (Wildman–Crippen LogP) is -3.35. The first kappa shape index (κ1) is 40.0. The number of amides is 6. The number of nitrogens with zero attached hydrogens (tertiary/aromatic N) is 2. The molecule has 5 atom stereocenters. The van der Waals surface area contributed by atoms with Crippen molar-refractivity contribution in [3.8, 4) is 5.75 Å². The topological polar surface area (TPSA) is 314 Å². The molecule has 0 radical (unpaired) electrons. The van der Waals surface area contributed by atoms with Gasteiger partial charge in [0.1, 0.15) is 36.0 Å². The van der Waals surface area contributed by atoms with Crippen molar-refractivity contribution in [1.29, 1.82) is 0 Å². The SMILES string of the molecule is NCCCC[C@@H]1NC(=O)[C@H](Cc2ccc(O)cc2)NC(=O)[C@@H]2CCCN2C(=O)[C@H](CC(=O)O)NC(=O)CNC(=O)[C@H](CCCN=C(N)N)NC1=O. The van der Waals surface area contributed by atoms with Crippen molar-refractivity contribution in [3.05, 3.63) is 29.8 Å². The summed E-state index contributed by atoms with van der Waals surface area (Å²) in [6.07, 6.45) is 1.07. The molecule has 0 aliphatic carbocycles. The minimum absolute atomic E-state index is 0.0198. The fourth-order valence-electron chi connectivity index (χ4n) is 5.84. The molecule has 2 saturated heterocycles. The third-order valence-corrected chi connectivity index (χ3v) is 8.44. The Labute approximate surface area is 294 Å². The summed E-state index contributed by atoms with van der Waals surface area (Å²) in [4.78, 5) is 97.9. The fraction of sp³-hybridized carbons (Fsp3) is 0.562. The predicted molar refractivity (Wildman–Crippen MR) is 182 cm³/mol. The summed E-state index contributed by atoms with van der Waals surface area (Å²) < 4.78 is 0. The number of rotatable bonds is 12. The number of aliphatic imine (C=N–C) groups is 1. The van der Waals surface area contributed by atoms with Crippen LogP contribution in [0.4, 0.5) is 0 Å². The highest BCUT2D eigenvalue weighted by molar-refractivity contribution is 5.98. The van der Waals surface area contributed by atoms with Gasteiger partial charge in [0.25, 0.3) is 0 Å². The number of benzene rings is 1. The summed E-state index contributed by atoms with van der Waals surface area (Å²) in [7, 11) is 0. The maximum atomic E-state index is 13.9. The zero-order chi connectivity index (χ0) is 37.5. The van der Waals surface area contributed by atoms with Gasteiger partial charge >= 0.3 is 5.97 Å². The van der Waals surface area contributed by atoms with E-state index in [2.05, 4.69) is 31.6 Å². The Balaban J connectivity index is 2.01. The number of carbonyl (C=O) groups is 7. The smallest absolute Gasteiger partial charge is 0.305 e. The molecule has 19 heteroatoms. The molecule has 2 heterocycles. The average molecular weight is 717 g/mol. The molecule has 1 aromatic carbocycles. The zero-order valence-corrected chi connectivity index (χ0v) is 28.3. The van der Waals surface area contributed by atoms with Gasteiger partial charge in [-0.1, -0.05) is 12.1 Å². The van der Waals surface area contributed by atoms with Crippen LogP contribution in [-0.2, 0) is 40.0 Å². The lowest BCUT2D eigenvalue weighted by Gasteiger charge is -2.30. The van der Waals surface area contributed by atoms with Gasteiger partial charge in [0, 0.05) is 19.5 Å². The number of carboxylic acids is 1. The molecule has 13 N–H and O–H groups in total. The van der Waals surface area contributed by atoms with Crippen molar-refractivity contribution in [3.63, 3.8) is 0 Å². The number of carboxylic acid groups (broad SMARTS) is 1. The molecule has 51 heavy (non-hydrogen) atoms. The first-order valence-electron chi connectivity index (χ1n) is 16.8. The lowest BCUT2D eigenvalue weighted by Crippen LogP contribution is -2.60. The van der Waals surface area contributed by atoms with E-state index in [1.165, 1.54) is 12.1 Å². The fourth-order valence-corrected chi connectivity index (χ4v) is 5.84. The van der Waals surface area contributed by atoms with Crippen LogP contribution in [0.2, 0.25) is 0 Å². The number of phenolic OH excluding ortho intramolecular Hbond substituents is 1. The molecule has 3 rings (SSSR count). The number of guanidine groups is 1. The van der Waals surface area contributed by atoms with Crippen LogP contribution >= 0.6 is 0 Å². The normalized spacial score (nSPS) is 23.8. The average Bonchev–Trinajstić information content (AvgIpc) is 3.57. The monoisotopic (exact) mass is 716 g/mol. The van der Waals surface area contributed by atoms with E-state index in [1.807, 2.05) is 0 Å². The third-order valence-electron chi connectivity index (χ3n) is 8.44. The molecule has 0 saturated carbocycles. The quantitative estimate of drug-likeness (QED) is 0.0577. The summed E-state index contributed by atoms with van der Waals surface area (Å²) in [6, 6.07) is -0.387. The van der Waals surface area contributed by atoms with Gasteiger partial charge in [0.15, 0.2) is 5.96 Å². The summed E-state index contributed by atoms with van der Waals surface area (Å²) in [6.45, 7) is -0.140. The molecular weight excluding hydrogens is 668 g/mol. The van der Waals surface area contributed by atoms with E-state index in [1.54, 1.807) is 12.1 Å². The van der Waals surface area contributed by atoms with Gasteiger partial charge in [-0.2, -0.15) is 0 Å². The molecule has 0 bridgehead atoms. The van der Waals surface area contributed by atoms with E-state index in [0.717, 1.165) is 4.90 Å². The molecule has 0 aromatic heterocycles. The van der Waals surface area contributed by atoms with Gasteiger partial charge in [-0.3, -0.25) is 38.6 Å². The Bertz CT molecular complexity index is 1450. The Hall–Kier alpha value is -5.46. The van der Waals surface area contributed by atoms with Gasteiger partial charge < -0.3 is 58.9 Å². The largest absolute Gasteiger partial charge is 0.508 e. The van der Waals surface area contributed by atoms with Crippen LogP contribution in [0.5, 0.6) is 5.75 Å². The molecule has 1 aromatic rings. The van der Waals surface area contributed by atoms with Crippen molar-refractivity contribution in [2.75, 3.05) is 26.2 Å². The van der Waals surface area contributed by atoms with Crippen molar-refractivity contribution < 1.29 is 43.8 Å². The van der Waals surface area contributed by atoms with E-state index in [0.29, 0.717) is 31.4 Å².